The zero-order chi connectivity index (χ0) is 15.4. The predicted octanol–water partition coefficient (Wildman–Crippen LogP) is 2.72. The van der Waals surface area contributed by atoms with Gasteiger partial charge in [0.1, 0.15) is 6.10 Å². The molecule has 1 heterocycles. The molecule has 0 saturated heterocycles. The van der Waals surface area contributed by atoms with Crippen LogP contribution in [0.15, 0.2) is 35.3 Å². The quantitative estimate of drug-likeness (QED) is 0.800. The molecule has 1 aliphatic rings. The second-order valence-electron chi connectivity index (χ2n) is 5.18. The van der Waals surface area contributed by atoms with E-state index in [9.17, 15) is 4.79 Å². The Morgan fingerprint density at radius 1 is 1.29 bits per heavy atom. The van der Waals surface area contributed by atoms with Crippen LogP contribution in [0.1, 0.15) is 32.4 Å². The highest BCUT2D eigenvalue weighted by Gasteiger charge is 2.35. The number of carbonyl (C=O) groups excluding carboxylic acids is 1. The summed E-state index contributed by atoms with van der Waals surface area (Å²) in [7, 11) is 1.60. The molecule has 5 heteroatoms. The maximum absolute atomic E-state index is 11.2. The van der Waals surface area contributed by atoms with Gasteiger partial charge in [-0.15, -0.1) is 0 Å². The first kappa shape index (κ1) is 15.5. The molecule has 2 rings (SSSR count). The van der Waals surface area contributed by atoms with Gasteiger partial charge in [-0.25, -0.2) is 4.99 Å². The third-order valence-corrected chi connectivity index (χ3v) is 3.60. The average Bonchev–Trinajstić information content (AvgIpc) is 2.45. The Hall–Kier alpha value is -1.88. The number of esters is 1. The summed E-state index contributed by atoms with van der Waals surface area (Å²) in [6.07, 6.45) is -1.05. The van der Waals surface area contributed by atoms with Crippen LogP contribution in [0.2, 0.25) is 0 Å². The molecule has 4 atom stereocenters. The van der Waals surface area contributed by atoms with E-state index in [-0.39, 0.29) is 18.0 Å². The molecule has 114 valence electrons. The van der Waals surface area contributed by atoms with Crippen LogP contribution in [0.3, 0.4) is 0 Å². The molecule has 0 radical (unpaired) electrons. The van der Waals surface area contributed by atoms with E-state index in [1.807, 2.05) is 44.2 Å². The Morgan fingerprint density at radius 2 is 1.95 bits per heavy atom. The zero-order valence-corrected chi connectivity index (χ0v) is 12.8. The van der Waals surface area contributed by atoms with Crippen molar-refractivity contribution in [3.8, 4) is 0 Å². The van der Waals surface area contributed by atoms with Crippen molar-refractivity contribution in [2.45, 2.75) is 39.2 Å². The van der Waals surface area contributed by atoms with Gasteiger partial charge in [-0.3, -0.25) is 4.79 Å². The van der Waals surface area contributed by atoms with Gasteiger partial charge in [-0.1, -0.05) is 37.3 Å². The first-order valence-corrected chi connectivity index (χ1v) is 7.02. The fraction of sp³-hybridized carbons (Fsp3) is 0.500. The summed E-state index contributed by atoms with van der Waals surface area (Å²) in [6, 6.07) is 9.69. The maximum atomic E-state index is 11.2. The third-order valence-electron chi connectivity index (χ3n) is 3.60. The molecule has 0 aromatic heterocycles. The van der Waals surface area contributed by atoms with Crippen molar-refractivity contribution in [1.29, 1.82) is 0 Å². The summed E-state index contributed by atoms with van der Waals surface area (Å²) < 4.78 is 16.6. The second-order valence-corrected chi connectivity index (χ2v) is 5.18. The monoisotopic (exact) mass is 291 g/mol. The molecule has 2 unspecified atom stereocenters. The van der Waals surface area contributed by atoms with Crippen LogP contribution in [0.25, 0.3) is 0 Å². The Bertz CT molecular complexity index is 514. The molecule has 0 fully saturated rings. The van der Waals surface area contributed by atoms with Crippen molar-refractivity contribution >= 4 is 11.9 Å². The second kappa shape index (κ2) is 6.72. The summed E-state index contributed by atoms with van der Waals surface area (Å²) in [6.45, 7) is 5.27. The molecule has 21 heavy (non-hydrogen) atoms. The fourth-order valence-corrected chi connectivity index (χ4v) is 2.24. The van der Waals surface area contributed by atoms with E-state index >= 15 is 0 Å². The molecule has 0 N–H and O–H groups in total. The minimum absolute atomic E-state index is 0.00840. The zero-order valence-electron chi connectivity index (χ0n) is 12.8. The number of ether oxygens (including phenoxy) is 3. The lowest BCUT2D eigenvalue weighted by molar-refractivity contribution is -0.151. The average molecular weight is 291 g/mol. The van der Waals surface area contributed by atoms with Gasteiger partial charge in [-0.05, 0) is 12.5 Å². The highest BCUT2D eigenvalue weighted by atomic mass is 16.6. The standard InChI is InChI=1S/C16H21NO4/c1-10-11(2)20-16(17-15(10)21-12(3)18)14(19-4)13-8-6-5-7-9-13/h5-11,14-15H,1-4H3/t10-,11-,14?,15?/m0/s1. The lowest BCUT2D eigenvalue weighted by Crippen LogP contribution is -2.40. The van der Waals surface area contributed by atoms with E-state index in [2.05, 4.69) is 4.99 Å². The number of methoxy groups -OCH3 is 1. The Labute approximate surface area is 124 Å². The van der Waals surface area contributed by atoms with Gasteiger partial charge in [0.25, 0.3) is 0 Å². The van der Waals surface area contributed by atoms with Gasteiger partial charge in [-0.2, -0.15) is 0 Å². The fourth-order valence-electron chi connectivity index (χ4n) is 2.24. The minimum atomic E-state index is -0.539. The Kier molecular flexibility index (Phi) is 4.96. The van der Waals surface area contributed by atoms with Crippen LogP contribution in [0.5, 0.6) is 0 Å². The Morgan fingerprint density at radius 3 is 2.52 bits per heavy atom. The van der Waals surface area contributed by atoms with Crippen LogP contribution in [0.4, 0.5) is 0 Å². The highest BCUT2D eigenvalue weighted by Crippen LogP contribution is 2.28. The molecular formula is C16H21NO4. The van der Waals surface area contributed by atoms with Gasteiger partial charge in [0.05, 0.1) is 5.92 Å². The first-order valence-electron chi connectivity index (χ1n) is 7.02. The van der Waals surface area contributed by atoms with E-state index in [0.717, 1.165) is 5.56 Å². The van der Waals surface area contributed by atoms with E-state index in [4.69, 9.17) is 14.2 Å². The van der Waals surface area contributed by atoms with Gasteiger partial charge in [0.15, 0.2) is 6.10 Å². The normalized spacial score (nSPS) is 26.5. The summed E-state index contributed by atoms with van der Waals surface area (Å²) in [5, 5.41) is 0. The van der Waals surface area contributed by atoms with E-state index < -0.39 is 12.3 Å². The molecule has 5 nitrogen and oxygen atoms in total. The third kappa shape index (κ3) is 3.61. The van der Waals surface area contributed by atoms with Gasteiger partial charge in [0.2, 0.25) is 12.1 Å². The molecular weight excluding hydrogens is 270 g/mol. The number of hydrogen-bond donors (Lipinski definition) is 0. The van der Waals surface area contributed by atoms with Crippen LogP contribution in [-0.4, -0.2) is 31.3 Å². The molecule has 0 spiro atoms. The van der Waals surface area contributed by atoms with Crippen molar-refractivity contribution in [3.05, 3.63) is 35.9 Å². The molecule has 0 amide bonds. The Balaban J connectivity index is 2.29. The summed E-state index contributed by atoms with van der Waals surface area (Å²) in [5.74, 6) is 0.0872. The number of hydrogen-bond acceptors (Lipinski definition) is 5. The predicted molar refractivity (Wildman–Crippen MR) is 78.9 cm³/mol. The summed E-state index contributed by atoms with van der Waals surface area (Å²) in [4.78, 5) is 15.6. The van der Waals surface area contributed by atoms with E-state index in [1.54, 1.807) is 7.11 Å². The lowest BCUT2D eigenvalue weighted by Gasteiger charge is -2.34. The number of aliphatic imine (C=N–C) groups is 1. The topological polar surface area (TPSA) is 57.1 Å². The summed E-state index contributed by atoms with van der Waals surface area (Å²) in [5.41, 5.74) is 0.946. The largest absolute Gasteiger partial charge is 0.475 e. The van der Waals surface area contributed by atoms with Gasteiger partial charge >= 0.3 is 5.97 Å². The molecule has 0 saturated carbocycles. The van der Waals surface area contributed by atoms with Crippen LogP contribution in [-0.2, 0) is 19.0 Å². The molecule has 0 aliphatic carbocycles. The molecule has 0 bridgehead atoms. The smallest absolute Gasteiger partial charge is 0.304 e. The van der Waals surface area contributed by atoms with Crippen molar-refractivity contribution < 1.29 is 19.0 Å². The maximum Gasteiger partial charge on any atom is 0.304 e. The first-order chi connectivity index (χ1) is 10.0. The SMILES string of the molecule is COC(C1=NC(OC(C)=O)[C@@H](C)[C@H](C)O1)c1ccccc1. The lowest BCUT2D eigenvalue weighted by atomic mass is 10.0. The molecule has 1 aromatic carbocycles. The van der Waals surface area contributed by atoms with Crippen molar-refractivity contribution in [2.75, 3.05) is 7.11 Å². The number of carbonyl (C=O) groups is 1. The van der Waals surface area contributed by atoms with Crippen LogP contribution >= 0.6 is 0 Å². The van der Waals surface area contributed by atoms with Crippen molar-refractivity contribution in [1.82, 2.24) is 0 Å². The number of rotatable bonds is 4. The van der Waals surface area contributed by atoms with Crippen LogP contribution < -0.4 is 0 Å². The summed E-state index contributed by atoms with van der Waals surface area (Å²) >= 11 is 0. The van der Waals surface area contributed by atoms with Crippen molar-refractivity contribution in [3.63, 3.8) is 0 Å². The van der Waals surface area contributed by atoms with Gasteiger partial charge in [0, 0.05) is 14.0 Å². The highest BCUT2D eigenvalue weighted by molar-refractivity contribution is 5.83. The number of nitrogens with zero attached hydrogens (tertiary/aromatic N) is 1. The van der Waals surface area contributed by atoms with Gasteiger partial charge < -0.3 is 14.2 Å². The molecule has 1 aromatic rings. The van der Waals surface area contributed by atoms with E-state index in [0.29, 0.717) is 5.90 Å². The van der Waals surface area contributed by atoms with Crippen molar-refractivity contribution in [2.24, 2.45) is 10.9 Å². The molecule has 1 aliphatic heterocycles. The van der Waals surface area contributed by atoms with E-state index in [1.165, 1.54) is 6.92 Å². The van der Waals surface area contributed by atoms with Crippen LogP contribution in [0, 0.1) is 5.92 Å². The minimum Gasteiger partial charge on any atom is -0.475 e. The number of benzene rings is 1.